The van der Waals surface area contributed by atoms with Crippen LogP contribution in [0.4, 0.5) is 0 Å². The van der Waals surface area contributed by atoms with Gasteiger partial charge in [0.05, 0.1) is 5.02 Å². The molecule has 0 fully saturated rings. The Hall–Kier alpha value is -0.840. The van der Waals surface area contributed by atoms with Gasteiger partial charge in [0.15, 0.2) is 0 Å². The zero-order valence-electron chi connectivity index (χ0n) is 7.08. The zero-order chi connectivity index (χ0) is 10.7. The summed E-state index contributed by atoms with van der Waals surface area (Å²) in [5, 5.41) is 9.05. The summed E-state index contributed by atoms with van der Waals surface area (Å²) >= 11 is 11.3. The average molecular weight is 235 g/mol. The summed E-state index contributed by atoms with van der Waals surface area (Å²) in [6, 6.07) is 0.605. The van der Waals surface area contributed by atoms with Gasteiger partial charge in [-0.2, -0.15) is 0 Å². The highest BCUT2D eigenvalue weighted by Crippen LogP contribution is 2.20. The number of pyridine rings is 1. The fourth-order valence-electron chi connectivity index (χ4n) is 0.914. The second-order valence-electron chi connectivity index (χ2n) is 2.77. The molecule has 0 bridgehead atoms. The van der Waals surface area contributed by atoms with Crippen molar-refractivity contribution < 1.29 is 9.90 Å². The molecule has 1 atom stereocenters. The van der Waals surface area contributed by atoms with Crippen molar-refractivity contribution in [3.63, 3.8) is 0 Å². The molecule has 76 valence electrons. The molecule has 6 heteroatoms. The number of carboxylic acid groups (broad SMARTS) is 1. The minimum Gasteiger partial charge on any atom is -0.480 e. The van der Waals surface area contributed by atoms with E-state index in [1.54, 1.807) is 6.07 Å². The van der Waals surface area contributed by atoms with Crippen LogP contribution in [0.3, 0.4) is 0 Å². The summed E-state index contributed by atoms with van der Waals surface area (Å²) in [5.74, 6) is -1.06. The summed E-state index contributed by atoms with van der Waals surface area (Å²) < 4.78 is 0. The van der Waals surface area contributed by atoms with Crippen molar-refractivity contribution in [2.45, 2.75) is 12.5 Å². The van der Waals surface area contributed by atoms with E-state index in [9.17, 15) is 4.79 Å². The van der Waals surface area contributed by atoms with Crippen LogP contribution >= 0.6 is 23.2 Å². The molecule has 1 aromatic rings. The van der Waals surface area contributed by atoms with Gasteiger partial charge < -0.3 is 10.8 Å². The molecule has 1 rings (SSSR count). The quantitative estimate of drug-likeness (QED) is 0.775. The lowest BCUT2D eigenvalue weighted by Crippen LogP contribution is -2.32. The largest absolute Gasteiger partial charge is 0.480 e. The SMILES string of the molecule is NC(Cc1cnc(Cl)c(Cl)c1)C(=O)O. The van der Waals surface area contributed by atoms with Crippen molar-refractivity contribution >= 4 is 29.2 Å². The first-order chi connectivity index (χ1) is 6.50. The third-order valence-electron chi connectivity index (χ3n) is 1.63. The van der Waals surface area contributed by atoms with E-state index < -0.39 is 12.0 Å². The normalized spacial score (nSPS) is 12.5. The van der Waals surface area contributed by atoms with Crippen molar-refractivity contribution in [3.8, 4) is 0 Å². The Morgan fingerprint density at radius 3 is 2.79 bits per heavy atom. The van der Waals surface area contributed by atoms with Crippen LogP contribution in [0, 0.1) is 0 Å². The molecule has 0 saturated heterocycles. The second kappa shape index (κ2) is 4.59. The lowest BCUT2D eigenvalue weighted by Gasteiger charge is -2.06. The molecule has 0 saturated carbocycles. The number of carboxylic acids is 1. The molecule has 0 aromatic carbocycles. The molecule has 0 aliphatic rings. The molecule has 0 spiro atoms. The molecule has 1 unspecified atom stereocenters. The van der Waals surface area contributed by atoms with Gasteiger partial charge in [-0.25, -0.2) is 4.98 Å². The van der Waals surface area contributed by atoms with Crippen molar-refractivity contribution in [1.82, 2.24) is 4.98 Å². The number of hydrogen-bond acceptors (Lipinski definition) is 3. The Labute approximate surface area is 90.6 Å². The third kappa shape index (κ3) is 2.83. The number of aliphatic carboxylic acids is 1. The van der Waals surface area contributed by atoms with Gasteiger partial charge in [-0.1, -0.05) is 23.2 Å². The molecule has 14 heavy (non-hydrogen) atoms. The Morgan fingerprint density at radius 2 is 2.29 bits per heavy atom. The molecule has 0 amide bonds. The minimum absolute atomic E-state index is 0.180. The van der Waals surface area contributed by atoms with E-state index >= 15 is 0 Å². The van der Waals surface area contributed by atoms with E-state index in [4.69, 9.17) is 34.0 Å². The standard InChI is InChI=1S/C8H8Cl2N2O2/c9-5-1-4(3-12-7(5)10)2-6(11)8(13)14/h1,3,6H,2,11H2,(H,13,14). The number of aromatic nitrogens is 1. The number of nitrogens with two attached hydrogens (primary N) is 1. The van der Waals surface area contributed by atoms with Crippen molar-refractivity contribution in [3.05, 3.63) is 28.0 Å². The highest BCUT2D eigenvalue weighted by molar-refractivity contribution is 6.41. The first kappa shape index (κ1) is 11.2. The first-order valence-corrected chi connectivity index (χ1v) is 4.54. The fourth-order valence-corrected chi connectivity index (χ4v) is 1.21. The van der Waals surface area contributed by atoms with Crippen molar-refractivity contribution in [1.29, 1.82) is 0 Å². The molecule has 1 heterocycles. The van der Waals surface area contributed by atoms with Gasteiger partial charge in [0.2, 0.25) is 0 Å². The average Bonchev–Trinajstić information content (AvgIpc) is 2.11. The predicted molar refractivity (Wildman–Crippen MR) is 53.6 cm³/mol. The summed E-state index contributed by atoms with van der Waals surface area (Å²) in [7, 11) is 0. The van der Waals surface area contributed by atoms with Gasteiger partial charge in [0.25, 0.3) is 0 Å². The van der Waals surface area contributed by atoms with Gasteiger partial charge in [0, 0.05) is 6.20 Å². The van der Waals surface area contributed by atoms with Crippen molar-refractivity contribution in [2.75, 3.05) is 0 Å². The molecule has 0 radical (unpaired) electrons. The lowest BCUT2D eigenvalue weighted by molar-refractivity contribution is -0.138. The molecule has 4 nitrogen and oxygen atoms in total. The van der Waals surface area contributed by atoms with E-state index in [0.717, 1.165) is 0 Å². The number of carbonyl (C=O) groups is 1. The molecule has 1 aromatic heterocycles. The second-order valence-corrected chi connectivity index (χ2v) is 3.53. The number of halogens is 2. The Bertz CT molecular complexity index is 357. The number of nitrogens with zero attached hydrogens (tertiary/aromatic N) is 1. The first-order valence-electron chi connectivity index (χ1n) is 3.79. The Kier molecular flexibility index (Phi) is 3.69. The highest BCUT2D eigenvalue weighted by Gasteiger charge is 2.12. The smallest absolute Gasteiger partial charge is 0.320 e. The topological polar surface area (TPSA) is 76.2 Å². The van der Waals surface area contributed by atoms with Crippen LogP contribution in [0.5, 0.6) is 0 Å². The van der Waals surface area contributed by atoms with Crippen LogP contribution in [-0.4, -0.2) is 22.1 Å². The molecular formula is C8H8Cl2N2O2. The predicted octanol–water partition coefficient (Wildman–Crippen LogP) is 1.34. The Morgan fingerprint density at radius 1 is 1.64 bits per heavy atom. The molecule has 0 aliphatic carbocycles. The van der Waals surface area contributed by atoms with Crippen LogP contribution in [-0.2, 0) is 11.2 Å². The fraction of sp³-hybridized carbons (Fsp3) is 0.250. The van der Waals surface area contributed by atoms with Crippen LogP contribution in [0.2, 0.25) is 10.2 Å². The molecule has 0 aliphatic heterocycles. The van der Waals surface area contributed by atoms with Gasteiger partial charge in [-0.3, -0.25) is 4.79 Å². The van der Waals surface area contributed by atoms with E-state index in [1.807, 2.05) is 0 Å². The van der Waals surface area contributed by atoms with Crippen LogP contribution in [0.1, 0.15) is 5.56 Å². The van der Waals surface area contributed by atoms with E-state index in [1.165, 1.54) is 6.20 Å². The summed E-state index contributed by atoms with van der Waals surface area (Å²) in [5.41, 5.74) is 5.98. The molecule has 3 N–H and O–H groups in total. The van der Waals surface area contributed by atoms with Gasteiger partial charge >= 0.3 is 5.97 Å². The number of hydrogen-bond donors (Lipinski definition) is 2. The molecular weight excluding hydrogens is 227 g/mol. The van der Waals surface area contributed by atoms with Crippen molar-refractivity contribution in [2.24, 2.45) is 5.73 Å². The maximum atomic E-state index is 10.5. The van der Waals surface area contributed by atoms with Gasteiger partial charge in [-0.05, 0) is 18.1 Å². The maximum absolute atomic E-state index is 10.5. The highest BCUT2D eigenvalue weighted by atomic mass is 35.5. The van der Waals surface area contributed by atoms with E-state index in [-0.39, 0.29) is 11.6 Å². The van der Waals surface area contributed by atoms with Crippen LogP contribution < -0.4 is 5.73 Å². The van der Waals surface area contributed by atoms with E-state index in [0.29, 0.717) is 10.6 Å². The summed E-state index contributed by atoms with van der Waals surface area (Å²) in [6.07, 6.45) is 1.64. The van der Waals surface area contributed by atoms with E-state index in [2.05, 4.69) is 4.98 Å². The number of rotatable bonds is 3. The maximum Gasteiger partial charge on any atom is 0.320 e. The summed E-state index contributed by atoms with van der Waals surface area (Å²) in [4.78, 5) is 14.2. The lowest BCUT2D eigenvalue weighted by atomic mass is 10.1. The summed E-state index contributed by atoms with van der Waals surface area (Å²) in [6.45, 7) is 0. The third-order valence-corrected chi connectivity index (χ3v) is 2.31. The Balaban J connectivity index is 2.78. The monoisotopic (exact) mass is 234 g/mol. The van der Waals surface area contributed by atoms with Crippen LogP contribution in [0.15, 0.2) is 12.3 Å². The van der Waals surface area contributed by atoms with Crippen LogP contribution in [0.25, 0.3) is 0 Å². The van der Waals surface area contributed by atoms with Gasteiger partial charge in [-0.15, -0.1) is 0 Å². The minimum atomic E-state index is -1.06. The van der Waals surface area contributed by atoms with Gasteiger partial charge in [0.1, 0.15) is 11.2 Å². The zero-order valence-corrected chi connectivity index (χ0v) is 8.59.